The van der Waals surface area contributed by atoms with Gasteiger partial charge in [-0.3, -0.25) is 19.3 Å². The zero-order valence-electron chi connectivity index (χ0n) is 22.1. The minimum Gasteiger partial charge on any atom is -0.488 e. The Morgan fingerprint density at radius 3 is 2.56 bits per heavy atom. The molecule has 0 aliphatic carbocycles. The van der Waals surface area contributed by atoms with Crippen LogP contribution in [0.25, 0.3) is 16.8 Å². The largest absolute Gasteiger partial charge is 0.488 e. The number of ether oxygens (including phenoxy) is 1. The Morgan fingerprint density at radius 2 is 1.71 bits per heavy atom. The first kappa shape index (κ1) is 26.4. The maximum absolute atomic E-state index is 13.4. The highest BCUT2D eigenvalue weighted by atomic mass is 32.2. The SMILES string of the molecule is N#Cc1ccccc1COc1ccc2ccccc2c1/C=C1\SC(=O)N(CC(=O)N2CCc3ccccc3C2)C1=O. The Labute approximate surface area is 241 Å². The molecule has 2 aliphatic heterocycles. The van der Waals surface area contributed by atoms with Crippen LogP contribution < -0.4 is 4.74 Å². The van der Waals surface area contributed by atoms with E-state index in [0.717, 1.165) is 45.0 Å². The van der Waals surface area contributed by atoms with Gasteiger partial charge in [0.15, 0.2) is 0 Å². The van der Waals surface area contributed by atoms with Crippen molar-refractivity contribution in [3.63, 3.8) is 0 Å². The number of fused-ring (bicyclic) bond motifs is 2. The number of imide groups is 1. The standard InChI is InChI=1S/C33H25N3O4S/c34-18-24-9-2-4-11-26(24)21-40-29-14-13-23-8-5-6-12-27(23)28(29)17-30-32(38)36(33(39)41-30)20-31(37)35-16-15-22-7-1-3-10-25(22)19-35/h1-14,17H,15-16,19-21H2/b30-17-. The molecule has 4 aromatic carbocycles. The summed E-state index contributed by atoms with van der Waals surface area (Å²) in [5.74, 6) is -0.237. The van der Waals surface area contributed by atoms with Crippen LogP contribution >= 0.6 is 11.8 Å². The second kappa shape index (κ2) is 11.3. The Bertz CT molecular complexity index is 1770. The minimum atomic E-state index is -0.500. The second-order valence-electron chi connectivity index (χ2n) is 9.86. The van der Waals surface area contributed by atoms with Gasteiger partial charge < -0.3 is 9.64 Å². The second-order valence-corrected chi connectivity index (χ2v) is 10.9. The number of rotatable bonds is 6. The predicted octanol–water partition coefficient (Wildman–Crippen LogP) is 5.91. The number of hydrogen-bond donors (Lipinski definition) is 0. The van der Waals surface area contributed by atoms with Crippen molar-refractivity contribution in [2.45, 2.75) is 19.6 Å². The summed E-state index contributed by atoms with van der Waals surface area (Å²) in [6.45, 7) is 0.881. The van der Waals surface area contributed by atoms with Crippen molar-refractivity contribution in [2.75, 3.05) is 13.1 Å². The lowest BCUT2D eigenvalue weighted by Gasteiger charge is -2.29. The Kier molecular flexibility index (Phi) is 7.28. The van der Waals surface area contributed by atoms with Gasteiger partial charge >= 0.3 is 0 Å². The molecule has 0 saturated carbocycles. The summed E-state index contributed by atoms with van der Waals surface area (Å²) < 4.78 is 6.17. The van der Waals surface area contributed by atoms with E-state index in [0.29, 0.717) is 30.0 Å². The quantitative estimate of drug-likeness (QED) is 0.273. The number of thioether (sulfide) groups is 1. The van der Waals surface area contributed by atoms with E-state index in [4.69, 9.17) is 4.74 Å². The summed E-state index contributed by atoms with van der Waals surface area (Å²) >= 11 is 0.821. The number of nitriles is 1. The summed E-state index contributed by atoms with van der Waals surface area (Å²) in [5, 5.41) is 10.8. The highest BCUT2D eigenvalue weighted by molar-refractivity contribution is 8.18. The van der Waals surface area contributed by atoms with E-state index in [-0.39, 0.29) is 24.0 Å². The number of carbonyl (C=O) groups is 3. The van der Waals surface area contributed by atoms with E-state index < -0.39 is 11.1 Å². The molecular formula is C33H25N3O4S. The molecule has 0 N–H and O–H groups in total. The first-order chi connectivity index (χ1) is 20.0. The fraction of sp³-hybridized carbons (Fsp3) is 0.152. The molecule has 202 valence electrons. The van der Waals surface area contributed by atoms with Crippen LogP contribution in [0.4, 0.5) is 4.79 Å². The molecule has 41 heavy (non-hydrogen) atoms. The van der Waals surface area contributed by atoms with Crippen molar-refractivity contribution in [3.05, 3.63) is 118 Å². The fourth-order valence-electron chi connectivity index (χ4n) is 5.17. The lowest BCUT2D eigenvalue weighted by atomic mass is 10.00. The topological polar surface area (TPSA) is 90.7 Å². The van der Waals surface area contributed by atoms with Gasteiger partial charge in [-0.25, -0.2) is 0 Å². The van der Waals surface area contributed by atoms with Gasteiger partial charge in [-0.2, -0.15) is 5.26 Å². The molecule has 8 heteroatoms. The molecule has 4 aromatic rings. The molecule has 0 radical (unpaired) electrons. The van der Waals surface area contributed by atoms with Gasteiger partial charge in [0.2, 0.25) is 5.91 Å². The first-order valence-corrected chi connectivity index (χ1v) is 14.1. The number of carbonyl (C=O) groups excluding carboxylic acids is 3. The van der Waals surface area contributed by atoms with E-state index in [1.165, 1.54) is 5.56 Å². The predicted molar refractivity (Wildman–Crippen MR) is 158 cm³/mol. The smallest absolute Gasteiger partial charge is 0.294 e. The molecule has 0 spiro atoms. The van der Waals surface area contributed by atoms with Crippen LogP contribution in [0.1, 0.15) is 27.8 Å². The number of amides is 3. The van der Waals surface area contributed by atoms with Crippen molar-refractivity contribution in [3.8, 4) is 11.8 Å². The van der Waals surface area contributed by atoms with Gasteiger partial charge in [-0.15, -0.1) is 0 Å². The average Bonchev–Trinajstić information content (AvgIpc) is 3.27. The molecular weight excluding hydrogens is 534 g/mol. The number of benzene rings is 4. The van der Waals surface area contributed by atoms with Gasteiger partial charge in [0.1, 0.15) is 18.9 Å². The van der Waals surface area contributed by atoms with Gasteiger partial charge in [0.05, 0.1) is 16.5 Å². The molecule has 0 atom stereocenters. The lowest BCUT2D eigenvalue weighted by molar-refractivity contribution is -0.136. The van der Waals surface area contributed by atoms with E-state index in [9.17, 15) is 19.6 Å². The number of hydrogen-bond acceptors (Lipinski definition) is 6. The maximum atomic E-state index is 13.4. The molecule has 0 aromatic heterocycles. The zero-order valence-corrected chi connectivity index (χ0v) is 22.9. The lowest BCUT2D eigenvalue weighted by Crippen LogP contribution is -2.44. The van der Waals surface area contributed by atoms with Crippen molar-refractivity contribution < 1.29 is 19.1 Å². The average molecular weight is 560 g/mol. The zero-order chi connectivity index (χ0) is 28.3. The summed E-state index contributed by atoms with van der Waals surface area (Å²) in [7, 11) is 0. The van der Waals surface area contributed by atoms with Crippen LogP contribution in [0.5, 0.6) is 5.75 Å². The fourth-order valence-corrected chi connectivity index (χ4v) is 5.99. The molecule has 2 heterocycles. The summed E-state index contributed by atoms with van der Waals surface area (Å²) in [4.78, 5) is 42.4. The molecule has 6 rings (SSSR count). The molecule has 7 nitrogen and oxygen atoms in total. The number of nitrogens with zero attached hydrogens (tertiary/aromatic N) is 3. The molecule has 0 bridgehead atoms. The van der Waals surface area contributed by atoms with Crippen molar-refractivity contribution >= 4 is 45.7 Å². The Balaban J connectivity index is 1.25. The van der Waals surface area contributed by atoms with Gasteiger partial charge in [0.25, 0.3) is 11.1 Å². The third kappa shape index (κ3) is 5.32. The van der Waals surface area contributed by atoms with E-state index in [1.807, 2.05) is 66.7 Å². The van der Waals surface area contributed by atoms with Crippen LogP contribution in [-0.2, 0) is 29.2 Å². The van der Waals surface area contributed by atoms with Crippen molar-refractivity contribution in [1.82, 2.24) is 9.80 Å². The normalized spacial score (nSPS) is 15.7. The van der Waals surface area contributed by atoms with Crippen molar-refractivity contribution in [1.29, 1.82) is 5.26 Å². The summed E-state index contributed by atoms with van der Waals surface area (Å²) in [6, 6.07) is 28.9. The Morgan fingerprint density at radius 1 is 0.951 bits per heavy atom. The monoisotopic (exact) mass is 559 g/mol. The third-order valence-electron chi connectivity index (χ3n) is 7.38. The van der Waals surface area contributed by atoms with Crippen LogP contribution in [0.2, 0.25) is 0 Å². The molecule has 2 aliphatic rings. The minimum absolute atomic E-state index is 0.165. The van der Waals surface area contributed by atoms with Gasteiger partial charge in [0, 0.05) is 24.2 Å². The van der Waals surface area contributed by atoms with E-state index in [1.54, 1.807) is 23.1 Å². The maximum Gasteiger partial charge on any atom is 0.294 e. The first-order valence-electron chi connectivity index (χ1n) is 13.2. The Hall–Kier alpha value is -4.87. The van der Waals surface area contributed by atoms with Crippen LogP contribution in [0.3, 0.4) is 0 Å². The van der Waals surface area contributed by atoms with Crippen molar-refractivity contribution in [2.24, 2.45) is 0 Å². The third-order valence-corrected chi connectivity index (χ3v) is 8.28. The summed E-state index contributed by atoms with van der Waals surface area (Å²) in [6.07, 6.45) is 2.41. The molecule has 0 unspecified atom stereocenters. The molecule has 3 amide bonds. The van der Waals surface area contributed by atoms with E-state index >= 15 is 0 Å². The van der Waals surface area contributed by atoms with Gasteiger partial charge in [-0.05, 0) is 58.3 Å². The van der Waals surface area contributed by atoms with Crippen LogP contribution in [0.15, 0.2) is 89.8 Å². The van der Waals surface area contributed by atoms with Crippen LogP contribution in [0, 0.1) is 11.3 Å². The van der Waals surface area contributed by atoms with Gasteiger partial charge in [-0.1, -0.05) is 72.8 Å². The molecule has 1 fully saturated rings. The molecule has 1 saturated heterocycles. The summed E-state index contributed by atoms with van der Waals surface area (Å²) in [5.41, 5.74) is 4.23. The van der Waals surface area contributed by atoms with Crippen LogP contribution in [-0.4, -0.2) is 39.9 Å². The highest BCUT2D eigenvalue weighted by Gasteiger charge is 2.37. The highest BCUT2D eigenvalue weighted by Crippen LogP contribution is 2.37. The van der Waals surface area contributed by atoms with E-state index in [2.05, 4.69) is 12.1 Å².